The zero-order valence-electron chi connectivity index (χ0n) is 28.9. The molecule has 6 rings (SSSR count). The minimum atomic E-state index is -0.246. The SMILES string of the molecule is CC(=O)c1cc(C(=O)c2cc(C(=O)c3cc(C(C)=O)c4c(C)ccc(C(C)C)cc3-4)c3cccccc2-3)c2cc(C(C)C)ccc(C)c1-2. The van der Waals surface area contributed by atoms with Gasteiger partial charge in [-0.3, -0.25) is 19.2 Å². The minimum absolute atomic E-state index is 0.109. The highest BCUT2D eigenvalue weighted by atomic mass is 16.1. The van der Waals surface area contributed by atoms with Gasteiger partial charge in [0.2, 0.25) is 0 Å². The number of fused-ring (bicyclic) bond motifs is 3. The Hall–Kier alpha value is -5.22. The van der Waals surface area contributed by atoms with E-state index >= 15 is 0 Å². The van der Waals surface area contributed by atoms with Gasteiger partial charge >= 0.3 is 0 Å². The zero-order valence-corrected chi connectivity index (χ0v) is 28.9. The molecule has 0 aliphatic heterocycles. The Bertz CT molecular complexity index is 2040. The average molecular weight is 633 g/mol. The lowest BCUT2D eigenvalue weighted by Crippen LogP contribution is -2.02. The summed E-state index contributed by atoms with van der Waals surface area (Å²) in [7, 11) is 0. The Labute approximate surface area is 282 Å². The van der Waals surface area contributed by atoms with E-state index in [0.29, 0.717) is 44.5 Å². The van der Waals surface area contributed by atoms with Gasteiger partial charge in [0.15, 0.2) is 23.1 Å². The maximum absolute atomic E-state index is 14.7. The first-order valence-corrected chi connectivity index (χ1v) is 16.6. The summed E-state index contributed by atoms with van der Waals surface area (Å²) >= 11 is 0. The quantitative estimate of drug-likeness (QED) is 0.157. The first-order valence-electron chi connectivity index (χ1n) is 16.6. The third-order valence-electron chi connectivity index (χ3n) is 9.67. The summed E-state index contributed by atoms with van der Waals surface area (Å²) in [6, 6.07) is 26.7. The van der Waals surface area contributed by atoms with Gasteiger partial charge in [0.1, 0.15) is 0 Å². The number of carbonyl (C=O) groups is 4. The molecule has 0 unspecified atom stereocenters. The third kappa shape index (κ3) is 5.45. The van der Waals surface area contributed by atoms with Crippen LogP contribution in [0.5, 0.6) is 0 Å². The topological polar surface area (TPSA) is 68.3 Å². The van der Waals surface area contributed by atoms with Crippen molar-refractivity contribution in [2.45, 2.75) is 67.2 Å². The molecule has 0 aromatic rings. The first-order chi connectivity index (χ1) is 22.8. The fraction of sp³-hybridized carbons (Fsp3) is 0.227. The molecule has 4 nitrogen and oxygen atoms in total. The molecule has 240 valence electrons. The number of ketones is 4. The highest BCUT2D eigenvalue weighted by molar-refractivity contribution is 6.25. The molecule has 0 bridgehead atoms. The van der Waals surface area contributed by atoms with Crippen molar-refractivity contribution < 1.29 is 19.2 Å². The zero-order chi connectivity index (χ0) is 34.6. The molecule has 4 heteroatoms. The van der Waals surface area contributed by atoms with Crippen LogP contribution in [0.4, 0.5) is 0 Å². The highest BCUT2D eigenvalue weighted by Gasteiger charge is 2.32. The van der Waals surface area contributed by atoms with E-state index in [9.17, 15) is 19.2 Å². The molecule has 0 aromatic heterocycles. The van der Waals surface area contributed by atoms with Crippen molar-refractivity contribution in [3.63, 3.8) is 0 Å². The molecule has 6 aliphatic rings. The van der Waals surface area contributed by atoms with Crippen molar-refractivity contribution in [2.24, 2.45) is 0 Å². The van der Waals surface area contributed by atoms with Crippen molar-refractivity contribution >= 4 is 23.1 Å². The molecule has 0 spiro atoms. The van der Waals surface area contributed by atoms with Crippen molar-refractivity contribution in [1.29, 1.82) is 0 Å². The van der Waals surface area contributed by atoms with E-state index in [4.69, 9.17) is 0 Å². The average Bonchev–Trinajstić information content (AvgIpc) is 3.56. The molecular weight excluding hydrogens is 592 g/mol. The molecule has 0 atom stereocenters. The van der Waals surface area contributed by atoms with Crippen LogP contribution in [0, 0.1) is 13.8 Å². The lowest BCUT2D eigenvalue weighted by molar-refractivity contribution is 0.100. The molecule has 0 amide bonds. The van der Waals surface area contributed by atoms with E-state index in [1.165, 1.54) is 13.8 Å². The molecule has 0 saturated heterocycles. The molecular formula is C44H40O4. The van der Waals surface area contributed by atoms with Crippen LogP contribution < -0.4 is 0 Å². The summed E-state index contributed by atoms with van der Waals surface area (Å²) in [5, 5.41) is 0. The summed E-state index contributed by atoms with van der Waals surface area (Å²) in [4.78, 5) is 55.2. The van der Waals surface area contributed by atoms with Crippen LogP contribution in [-0.4, -0.2) is 23.1 Å². The summed E-state index contributed by atoms with van der Waals surface area (Å²) < 4.78 is 0. The summed E-state index contributed by atoms with van der Waals surface area (Å²) in [5.74, 6) is -0.288. The number of Topliss-reactive ketones (excluding diaryl/α,β-unsaturated/α-hetero) is 2. The van der Waals surface area contributed by atoms with Crippen LogP contribution in [0.1, 0.15) is 128 Å². The number of hydrogen-bond acceptors (Lipinski definition) is 4. The fourth-order valence-electron chi connectivity index (χ4n) is 6.97. The van der Waals surface area contributed by atoms with Gasteiger partial charge in [-0.05, 0) is 113 Å². The Morgan fingerprint density at radius 3 is 1.15 bits per heavy atom. The molecule has 0 aromatic carbocycles. The summed E-state index contributed by atoms with van der Waals surface area (Å²) in [6.07, 6.45) is 0. The highest BCUT2D eigenvalue weighted by Crippen LogP contribution is 2.43. The van der Waals surface area contributed by atoms with Gasteiger partial charge in [-0.1, -0.05) is 94.4 Å². The fourth-order valence-corrected chi connectivity index (χ4v) is 6.97. The molecule has 6 aliphatic carbocycles. The van der Waals surface area contributed by atoms with Gasteiger partial charge in [-0.2, -0.15) is 0 Å². The van der Waals surface area contributed by atoms with Crippen LogP contribution in [-0.2, 0) is 0 Å². The van der Waals surface area contributed by atoms with Crippen LogP contribution >= 0.6 is 0 Å². The second-order valence-corrected chi connectivity index (χ2v) is 13.6. The van der Waals surface area contributed by atoms with Crippen molar-refractivity contribution in [2.75, 3.05) is 0 Å². The number of rotatable bonds is 8. The molecule has 0 heterocycles. The smallest absolute Gasteiger partial charge is 0.194 e. The Kier molecular flexibility index (Phi) is 8.47. The van der Waals surface area contributed by atoms with Crippen molar-refractivity contribution in [3.8, 4) is 33.4 Å². The van der Waals surface area contributed by atoms with E-state index in [-0.39, 0.29) is 35.0 Å². The molecule has 48 heavy (non-hydrogen) atoms. The van der Waals surface area contributed by atoms with E-state index in [1.807, 2.05) is 68.4 Å². The first kappa shape index (κ1) is 32.7. The number of hydrogen-bond donors (Lipinski definition) is 0. The molecule has 0 fully saturated rings. The lowest BCUT2D eigenvalue weighted by Gasteiger charge is -2.07. The summed E-state index contributed by atoms with van der Waals surface area (Å²) in [6.45, 7) is 15.4. The van der Waals surface area contributed by atoms with Gasteiger partial charge in [0, 0.05) is 33.4 Å². The normalized spacial score (nSPS) is 11.6. The van der Waals surface area contributed by atoms with Gasteiger partial charge in [-0.25, -0.2) is 0 Å². The number of aryl methyl sites for hydroxylation is 2. The van der Waals surface area contributed by atoms with Gasteiger partial charge in [-0.15, -0.1) is 0 Å². The van der Waals surface area contributed by atoms with Crippen LogP contribution in [0.15, 0.2) is 84.9 Å². The summed E-state index contributed by atoms with van der Waals surface area (Å²) in [5.41, 5.74) is 11.0. The van der Waals surface area contributed by atoms with Crippen molar-refractivity contribution in [1.82, 2.24) is 0 Å². The van der Waals surface area contributed by atoms with E-state index in [1.54, 1.807) is 18.2 Å². The van der Waals surface area contributed by atoms with E-state index in [0.717, 1.165) is 44.5 Å². The van der Waals surface area contributed by atoms with Crippen molar-refractivity contribution in [3.05, 3.63) is 141 Å². The van der Waals surface area contributed by atoms with Gasteiger partial charge in [0.25, 0.3) is 0 Å². The Balaban J connectivity index is 1.59. The maximum atomic E-state index is 14.7. The minimum Gasteiger partial charge on any atom is -0.294 e. The van der Waals surface area contributed by atoms with Crippen LogP contribution in [0.25, 0.3) is 33.4 Å². The predicted octanol–water partition coefficient (Wildman–Crippen LogP) is 10.7. The predicted molar refractivity (Wildman–Crippen MR) is 194 cm³/mol. The molecule has 0 N–H and O–H groups in total. The molecule has 0 radical (unpaired) electrons. The second-order valence-electron chi connectivity index (χ2n) is 13.6. The van der Waals surface area contributed by atoms with E-state index in [2.05, 4.69) is 39.8 Å². The third-order valence-corrected chi connectivity index (χ3v) is 9.67. The largest absolute Gasteiger partial charge is 0.294 e. The van der Waals surface area contributed by atoms with Gasteiger partial charge < -0.3 is 0 Å². The van der Waals surface area contributed by atoms with E-state index < -0.39 is 0 Å². The Morgan fingerprint density at radius 2 is 0.792 bits per heavy atom. The lowest BCUT2D eigenvalue weighted by atomic mass is 9.95. The Morgan fingerprint density at radius 1 is 0.438 bits per heavy atom. The van der Waals surface area contributed by atoms with Crippen LogP contribution in [0.2, 0.25) is 0 Å². The number of carbonyl (C=O) groups excluding carboxylic acids is 4. The monoisotopic (exact) mass is 632 g/mol. The van der Waals surface area contributed by atoms with Gasteiger partial charge in [0.05, 0.1) is 0 Å². The molecule has 0 saturated carbocycles. The van der Waals surface area contributed by atoms with Crippen LogP contribution in [0.3, 0.4) is 0 Å². The maximum Gasteiger partial charge on any atom is 0.194 e. The standard InChI is InChI=1S/C44H40O4/c1-23(2)29-16-14-25(5)41-33(27(7)45)20-39(35(41)18-29)43(47)37-22-38(32-13-11-9-10-12-31(32)37)44(48)40-21-34(28(8)46)42-26(6)15-17-30(24(3)4)19-36(40)42/h9-24H,1-8H3. The second kappa shape index (κ2) is 12.4.